The van der Waals surface area contributed by atoms with Crippen molar-refractivity contribution in [1.82, 2.24) is 14.8 Å². The third kappa shape index (κ3) is 8.18. The number of hydrogen-bond donors (Lipinski definition) is 3. The van der Waals surface area contributed by atoms with Crippen molar-refractivity contribution in [3.05, 3.63) is 30.1 Å². The molecule has 1 aromatic rings. The summed E-state index contributed by atoms with van der Waals surface area (Å²) in [5, 5.41) is 28.9. The van der Waals surface area contributed by atoms with Gasteiger partial charge in [-0.05, 0) is 31.4 Å². The Bertz CT molecular complexity index is 830. The summed E-state index contributed by atoms with van der Waals surface area (Å²) in [6.07, 6.45) is 4.59. The highest BCUT2D eigenvalue weighted by molar-refractivity contribution is 5.81. The average molecular weight is 478 g/mol. The van der Waals surface area contributed by atoms with E-state index >= 15 is 0 Å². The van der Waals surface area contributed by atoms with Gasteiger partial charge in [-0.15, -0.1) is 0 Å². The number of aliphatic carboxylic acids is 3. The third-order valence-electron chi connectivity index (χ3n) is 6.33. The summed E-state index contributed by atoms with van der Waals surface area (Å²) in [6, 6.07) is 3.51. The van der Waals surface area contributed by atoms with Gasteiger partial charge in [0.25, 0.3) is 0 Å². The standard InChI is InChI=1S/C24H35N3O7/c1-16(2)21(28)11-10-20(24(33)34)27(13-17-7-5-6-12-25-17)19-9-4-3-8-18(19)26(14-22(29)30)15-23(31)32/h5-7,12,16,18-20H,3-4,8-11,13-15H2,1-2H3,(H,29,30)(H,31,32)(H,33,34)/t18?,19-,20?/m0/s1. The molecule has 1 heterocycles. The van der Waals surface area contributed by atoms with Crippen molar-refractivity contribution in [2.45, 2.75) is 77.0 Å². The quantitative estimate of drug-likeness (QED) is 0.364. The fourth-order valence-corrected chi connectivity index (χ4v) is 4.68. The second kappa shape index (κ2) is 13.1. The smallest absolute Gasteiger partial charge is 0.320 e. The maximum Gasteiger partial charge on any atom is 0.320 e. The van der Waals surface area contributed by atoms with E-state index in [4.69, 9.17) is 0 Å². The van der Waals surface area contributed by atoms with E-state index in [0.717, 1.165) is 12.8 Å². The molecular weight excluding hydrogens is 442 g/mol. The van der Waals surface area contributed by atoms with Crippen LogP contribution in [0.25, 0.3) is 0 Å². The molecule has 1 aliphatic carbocycles. The third-order valence-corrected chi connectivity index (χ3v) is 6.33. The number of Topliss-reactive ketones (excluding diaryl/α,β-unsaturated/α-hetero) is 1. The first-order valence-corrected chi connectivity index (χ1v) is 11.7. The predicted molar refractivity (Wildman–Crippen MR) is 123 cm³/mol. The summed E-state index contributed by atoms with van der Waals surface area (Å²) in [5.41, 5.74) is 0.649. The molecule has 10 nitrogen and oxygen atoms in total. The van der Waals surface area contributed by atoms with Gasteiger partial charge in [0.05, 0.1) is 18.8 Å². The Morgan fingerprint density at radius 1 is 1.00 bits per heavy atom. The molecule has 34 heavy (non-hydrogen) atoms. The normalized spacial score (nSPS) is 19.3. The van der Waals surface area contributed by atoms with E-state index in [1.807, 2.05) is 0 Å². The number of carbonyl (C=O) groups is 4. The van der Waals surface area contributed by atoms with Gasteiger partial charge in [-0.2, -0.15) is 0 Å². The van der Waals surface area contributed by atoms with Crippen molar-refractivity contribution in [3.8, 4) is 0 Å². The second-order valence-corrected chi connectivity index (χ2v) is 9.12. The Morgan fingerprint density at radius 2 is 1.62 bits per heavy atom. The topological polar surface area (TPSA) is 148 Å². The van der Waals surface area contributed by atoms with Crippen molar-refractivity contribution in [2.75, 3.05) is 13.1 Å². The van der Waals surface area contributed by atoms with Gasteiger partial charge in [0, 0.05) is 37.2 Å². The molecule has 1 aromatic heterocycles. The lowest BCUT2D eigenvalue weighted by Crippen LogP contribution is -2.59. The van der Waals surface area contributed by atoms with Crippen molar-refractivity contribution in [3.63, 3.8) is 0 Å². The first kappa shape index (κ1) is 27.4. The lowest BCUT2D eigenvalue weighted by atomic mass is 9.86. The minimum atomic E-state index is -1.14. The van der Waals surface area contributed by atoms with Gasteiger partial charge in [-0.3, -0.25) is 34.0 Å². The Labute approximate surface area is 199 Å². The summed E-state index contributed by atoms with van der Waals surface area (Å²) >= 11 is 0. The van der Waals surface area contributed by atoms with Gasteiger partial charge in [0.2, 0.25) is 0 Å². The van der Waals surface area contributed by atoms with Gasteiger partial charge in [0.15, 0.2) is 0 Å². The molecule has 0 saturated heterocycles. The fraction of sp³-hybridized carbons (Fsp3) is 0.625. The molecule has 1 saturated carbocycles. The van der Waals surface area contributed by atoms with E-state index in [9.17, 15) is 34.5 Å². The fourth-order valence-electron chi connectivity index (χ4n) is 4.68. The minimum absolute atomic E-state index is 0.0254. The zero-order valence-electron chi connectivity index (χ0n) is 19.8. The molecule has 0 aromatic carbocycles. The minimum Gasteiger partial charge on any atom is -0.480 e. The number of rotatable bonds is 14. The second-order valence-electron chi connectivity index (χ2n) is 9.12. The van der Waals surface area contributed by atoms with Crippen LogP contribution in [-0.4, -0.2) is 85.0 Å². The number of carboxylic acid groups (broad SMARTS) is 3. The Kier molecular flexibility index (Phi) is 10.6. The molecule has 0 bridgehead atoms. The van der Waals surface area contributed by atoms with Crippen LogP contribution >= 0.6 is 0 Å². The number of carboxylic acids is 3. The van der Waals surface area contributed by atoms with Crippen molar-refractivity contribution >= 4 is 23.7 Å². The van der Waals surface area contributed by atoms with E-state index in [1.54, 1.807) is 43.1 Å². The largest absolute Gasteiger partial charge is 0.480 e. The summed E-state index contributed by atoms with van der Waals surface area (Å²) < 4.78 is 0. The van der Waals surface area contributed by atoms with Crippen LogP contribution in [0.2, 0.25) is 0 Å². The molecule has 1 fully saturated rings. The molecule has 0 spiro atoms. The summed E-state index contributed by atoms with van der Waals surface area (Å²) in [6.45, 7) is 2.85. The average Bonchev–Trinajstić information content (AvgIpc) is 2.77. The predicted octanol–water partition coefficient (Wildman–Crippen LogP) is 2.12. The summed E-state index contributed by atoms with van der Waals surface area (Å²) in [7, 11) is 0. The number of pyridine rings is 1. The van der Waals surface area contributed by atoms with E-state index < -0.39 is 49.1 Å². The molecule has 0 radical (unpaired) electrons. The number of nitrogens with zero attached hydrogens (tertiary/aromatic N) is 3. The van der Waals surface area contributed by atoms with Crippen LogP contribution < -0.4 is 0 Å². The lowest BCUT2D eigenvalue weighted by molar-refractivity contribution is -0.150. The summed E-state index contributed by atoms with van der Waals surface area (Å²) in [4.78, 5) is 55.2. The lowest BCUT2D eigenvalue weighted by Gasteiger charge is -2.46. The number of carbonyl (C=O) groups excluding carboxylic acids is 1. The molecule has 3 N–H and O–H groups in total. The highest BCUT2D eigenvalue weighted by atomic mass is 16.4. The van der Waals surface area contributed by atoms with E-state index in [2.05, 4.69) is 4.98 Å². The van der Waals surface area contributed by atoms with E-state index in [-0.39, 0.29) is 31.1 Å². The molecule has 0 aliphatic heterocycles. The van der Waals surface area contributed by atoms with Crippen LogP contribution in [0.5, 0.6) is 0 Å². The van der Waals surface area contributed by atoms with Gasteiger partial charge >= 0.3 is 17.9 Å². The molecule has 10 heteroatoms. The van der Waals surface area contributed by atoms with Crippen LogP contribution in [-0.2, 0) is 25.7 Å². The maximum absolute atomic E-state index is 12.4. The molecular formula is C24H35N3O7. The highest BCUT2D eigenvalue weighted by Crippen LogP contribution is 2.31. The number of aromatic nitrogens is 1. The zero-order chi connectivity index (χ0) is 25.3. The van der Waals surface area contributed by atoms with Crippen molar-refractivity contribution in [2.24, 2.45) is 5.92 Å². The number of ketones is 1. The van der Waals surface area contributed by atoms with Crippen LogP contribution in [0.4, 0.5) is 0 Å². The first-order chi connectivity index (χ1) is 16.1. The van der Waals surface area contributed by atoms with Gasteiger partial charge in [-0.1, -0.05) is 32.8 Å². The van der Waals surface area contributed by atoms with Crippen LogP contribution in [0.3, 0.4) is 0 Å². The Morgan fingerprint density at radius 3 is 2.12 bits per heavy atom. The molecule has 3 atom stereocenters. The van der Waals surface area contributed by atoms with E-state index in [0.29, 0.717) is 18.5 Å². The van der Waals surface area contributed by atoms with Gasteiger partial charge in [0.1, 0.15) is 11.8 Å². The van der Waals surface area contributed by atoms with Gasteiger partial charge < -0.3 is 15.3 Å². The Balaban J connectivity index is 2.43. The highest BCUT2D eigenvalue weighted by Gasteiger charge is 2.40. The molecule has 2 rings (SSSR count). The SMILES string of the molecule is CC(C)C(=O)CCC(C(=O)O)N(Cc1ccccn1)[C@H]1CCCCC1N(CC(=O)O)CC(=O)O. The van der Waals surface area contributed by atoms with Crippen molar-refractivity contribution < 1.29 is 34.5 Å². The first-order valence-electron chi connectivity index (χ1n) is 11.7. The monoisotopic (exact) mass is 477 g/mol. The Hall–Kier alpha value is -2.85. The van der Waals surface area contributed by atoms with Crippen LogP contribution in [0.1, 0.15) is 58.1 Å². The zero-order valence-corrected chi connectivity index (χ0v) is 19.8. The number of hydrogen-bond acceptors (Lipinski definition) is 7. The van der Waals surface area contributed by atoms with E-state index in [1.165, 1.54) is 4.90 Å². The van der Waals surface area contributed by atoms with Crippen LogP contribution in [0, 0.1) is 5.92 Å². The van der Waals surface area contributed by atoms with Crippen LogP contribution in [0.15, 0.2) is 24.4 Å². The molecule has 188 valence electrons. The van der Waals surface area contributed by atoms with Gasteiger partial charge in [-0.25, -0.2) is 0 Å². The maximum atomic E-state index is 12.4. The molecule has 1 aliphatic rings. The van der Waals surface area contributed by atoms with Crippen molar-refractivity contribution in [1.29, 1.82) is 0 Å². The summed E-state index contributed by atoms with van der Waals surface area (Å²) in [5.74, 6) is -3.58. The molecule has 2 unspecified atom stereocenters. The molecule has 0 amide bonds.